The second-order valence-corrected chi connectivity index (χ2v) is 5.38. The van der Waals surface area contributed by atoms with Crippen molar-refractivity contribution in [2.75, 3.05) is 11.5 Å². The van der Waals surface area contributed by atoms with Gasteiger partial charge in [0.1, 0.15) is 0 Å². The lowest BCUT2D eigenvalue weighted by Crippen LogP contribution is -2.42. The molecule has 0 aromatic heterocycles. The second kappa shape index (κ2) is 3.95. The zero-order chi connectivity index (χ0) is 9.19. The van der Waals surface area contributed by atoms with E-state index in [0.717, 1.165) is 17.9 Å². The van der Waals surface area contributed by atoms with Crippen LogP contribution in [0.15, 0.2) is 0 Å². The van der Waals surface area contributed by atoms with E-state index >= 15 is 0 Å². The van der Waals surface area contributed by atoms with Gasteiger partial charge in [-0.05, 0) is 23.8 Å². The predicted molar refractivity (Wildman–Crippen MR) is 49.6 cm³/mol. The standard InChI is InChI=1S/C6H13NO3S2/c1-5-4-11-3-2-6(5)7-12(8,9)10/h5-7H,2-4H2,1H3,(H,8,9,10)/t5-,6-/m0/s1. The molecule has 1 aliphatic rings. The van der Waals surface area contributed by atoms with E-state index in [0.29, 0.717) is 5.92 Å². The molecule has 2 atom stereocenters. The highest BCUT2D eigenvalue weighted by atomic mass is 32.2. The van der Waals surface area contributed by atoms with Crippen molar-refractivity contribution >= 4 is 22.1 Å². The van der Waals surface area contributed by atoms with Gasteiger partial charge in [0.25, 0.3) is 0 Å². The molecular formula is C6H13NO3S2. The van der Waals surface area contributed by atoms with Gasteiger partial charge < -0.3 is 0 Å². The molecule has 0 spiro atoms. The summed E-state index contributed by atoms with van der Waals surface area (Å²) in [4.78, 5) is 0. The third-order valence-electron chi connectivity index (χ3n) is 1.94. The Balaban J connectivity index is 2.50. The molecule has 0 aliphatic carbocycles. The van der Waals surface area contributed by atoms with Gasteiger partial charge in [-0.1, -0.05) is 6.92 Å². The van der Waals surface area contributed by atoms with Crippen molar-refractivity contribution in [2.45, 2.75) is 19.4 Å². The largest absolute Gasteiger partial charge is 0.333 e. The van der Waals surface area contributed by atoms with Gasteiger partial charge in [-0.25, -0.2) is 0 Å². The molecule has 1 heterocycles. The van der Waals surface area contributed by atoms with Crippen molar-refractivity contribution in [3.63, 3.8) is 0 Å². The molecule has 1 rings (SSSR count). The Hall–Kier alpha value is 0.220. The maximum Gasteiger partial charge on any atom is 0.333 e. The minimum Gasteiger partial charge on any atom is -0.273 e. The fraction of sp³-hybridized carbons (Fsp3) is 1.00. The first kappa shape index (κ1) is 10.3. The molecular weight excluding hydrogens is 198 g/mol. The van der Waals surface area contributed by atoms with Gasteiger partial charge in [-0.2, -0.15) is 24.9 Å². The Bertz CT molecular complexity index is 239. The monoisotopic (exact) mass is 211 g/mol. The van der Waals surface area contributed by atoms with Crippen LogP contribution in [0.4, 0.5) is 0 Å². The average molecular weight is 211 g/mol. The molecule has 72 valence electrons. The van der Waals surface area contributed by atoms with Crippen molar-refractivity contribution in [1.29, 1.82) is 0 Å². The van der Waals surface area contributed by atoms with Crippen LogP contribution in [-0.4, -0.2) is 30.5 Å². The van der Waals surface area contributed by atoms with Gasteiger partial charge >= 0.3 is 10.3 Å². The lowest BCUT2D eigenvalue weighted by Gasteiger charge is -2.27. The van der Waals surface area contributed by atoms with E-state index in [1.807, 2.05) is 18.7 Å². The first-order valence-corrected chi connectivity index (χ1v) is 6.41. The summed E-state index contributed by atoms with van der Waals surface area (Å²) in [7, 11) is -4.02. The van der Waals surface area contributed by atoms with Crippen LogP contribution in [0.25, 0.3) is 0 Å². The van der Waals surface area contributed by atoms with Crippen molar-refractivity contribution < 1.29 is 13.0 Å². The smallest absolute Gasteiger partial charge is 0.273 e. The fourth-order valence-electron chi connectivity index (χ4n) is 1.25. The maximum atomic E-state index is 10.5. The quantitative estimate of drug-likeness (QED) is 0.654. The first-order valence-electron chi connectivity index (χ1n) is 3.81. The normalized spacial score (nSPS) is 31.8. The van der Waals surface area contributed by atoms with Crippen molar-refractivity contribution in [2.24, 2.45) is 5.92 Å². The topological polar surface area (TPSA) is 66.4 Å². The molecule has 0 radical (unpaired) electrons. The van der Waals surface area contributed by atoms with Crippen LogP contribution in [-0.2, 0) is 10.3 Å². The van der Waals surface area contributed by atoms with Crippen molar-refractivity contribution in [1.82, 2.24) is 4.72 Å². The molecule has 0 aromatic rings. The minimum atomic E-state index is -4.02. The van der Waals surface area contributed by atoms with Crippen LogP contribution in [0.2, 0.25) is 0 Å². The van der Waals surface area contributed by atoms with Gasteiger partial charge in [-0.3, -0.25) is 4.55 Å². The van der Waals surface area contributed by atoms with E-state index in [4.69, 9.17) is 4.55 Å². The minimum absolute atomic E-state index is 0.0961. The van der Waals surface area contributed by atoms with Crippen LogP contribution in [0.3, 0.4) is 0 Å². The molecule has 1 aliphatic heterocycles. The van der Waals surface area contributed by atoms with Crippen LogP contribution in [0.1, 0.15) is 13.3 Å². The highest BCUT2D eigenvalue weighted by Gasteiger charge is 2.24. The molecule has 6 heteroatoms. The van der Waals surface area contributed by atoms with Crippen LogP contribution >= 0.6 is 11.8 Å². The highest BCUT2D eigenvalue weighted by Crippen LogP contribution is 2.22. The summed E-state index contributed by atoms with van der Waals surface area (Å²) in [6, 6.07) is -0.0961. The number of hydrogen-bond acceptors (Lipinski definition) is 3. The molecule has 0 unspecified atom stereocenters. The summed E-state index contributed by atoms with van der Waals surface area (Å²) in [5.74, 6) is 2.20. The molecule has 12 heavy (non-hydrogen) atoms. The van der Waals surface area contributed by atoms with Gasteiger partial charge in [0.15, 0.2) is 0 Å². The molecule has 2 N–H and O–H groups in total. The lowest BCUT2D eigenvalue weighted by molar-refractivity contribution is 0.401. The zero-order valence-electron chi connectivity index (χ0n) is 6.86. The van der Waals surface area contributed by atoms with E-state index < -0.39 is 10.3 Å². The summed E-state index contributed by atoms with van der Waals surface area (Å²) in [6.45, 7) is 1.98. The molecule has 1 fully saturated rings. The fourth-order valence-corrected chi connectivity index (χ4v) is 3.17. The van der Waals surface area contributed by atoms with E-state index in [1.54, 1.807) is 0 Å². The lowest BCUT2D eigenvalue weighted by atomic mass is 10.0. The van der Waals surface area contributed by atoms with Gasteiger partial charge in [0, 0.05) is 6.04 Å². The Morgan fingerprint density at radius 1 is 1.58 bits per heavy atom. The van der Waals surface area contributed by atoms with E-state index in [-0.39, 0.29) is 6.04 Å². The molecule has 1 saturated heterocycles. The summed E-state index contributed by atoms with van der Waals surface area (Å²) < 4.78 is 31.7. The molecule has 0 aromatic carbocycles. The van der Waals surface area contributed by atoms with Crippen LogP contribution in [0.5, 0.6) is 0 Å². The third kappa shape index (κ3) is 3.30. The Kier molecular flexibility index (Phi) is 3.39. The van der Waals surface area contributed by atoms with Gasteiger partial charge in [0.05, 0.1) is 0 Å². The van der Waals surface area contributed by atoms with E-state index in [1.165, 1.54) is 0 Å². The van der Waals surface area contributed by atoms with E-state index in [2.05, 4.69) is 4.72 Å². The summed E-state index contributed by atoms with van der Waals surface area (Å²) in [5.41, 5.74) is 0. The Labute approximate surface area is 77.0 Å². The highest BCUT2D eigenvalue weighted by molar-refractivity contribution is 7.99. The average Bonchev–Trinajstić information content (AvgIpc) is 1.91. The van der Waals surface area contributed by atoms with Crippen molar-refractivity contribution in [3.05, 3.63) is 0 Å². The molecule has 0 bridgehead atoms. The van der Waals surface area contributed by atoms with Crippen LogP contribution in [0, 0.1) is 5.92 Å². The molecule has 4 nitrogen and oxygen atoms in total. The Morgan fingerprint density at radius 3 is 2.75 bits per heavy atom. The third-order valence-corrected chi connectivity index (χ3v) is 3.83. The van der Waals surface area contributed by atoms with Gasteiger partial charge in [-0.15, -0.1) is 0 Å². The summed E-state index contributed by atoms with van der Waals surface area (Å²) in [5, 5.41) is 0. The summed E-state index contributed by atoms with van der Waals surface area (Å²) in [6.07, 6.45) is 0.797. The second-order valence-electron chi connectivity index (χ2n) is 3.04. The summed E-state index contributed by atoms with van der Waals surface area (Å²) >= 11 is 1.82. The van der Waals surface area contributed by atoms with Crippen LogP contribution < -0.4 is 4.72 Å². The SMILES string of the molecule is C[C@H]1CSCC[C@@H]1NS(=O)(=O)O. The zero-order valence-corrected chi connectivity index (χ0v) is 8.49. The number of rotatable bonds is 2. The van der Waals surface area contributed by atoms with E-state index in [9.17, 15) is 8.42 Å². The maximum absolute atomic E-state index is 10.5. The number of thioether (sulfide) groups is 1. The first-order chi connectivity index (χ1) is 5.49. The number of nitrogens with one attached hydrogen (secondary N) is 1. The number of hydrogen-bond donors (Lipinski definition) is 2. The van der Waals surface area contributed by atoms with Crippen molar-refractivity contribution in [3.8, 4) is 0 Å². The van der Waals surface area contributed by atoms with Gasteiger partial charge in [0.2, 0.25) is 0 Å². The molecule has 0 amide bonds. The predicted octanol–water partition coefficient (Wildman–Crippen LogP) is 0.520. The molecule has 0 saturated carbocycles. The Morgan fingerprint density at radius 2 is 2.25 bits per heavy atom.